The van der Waals surface area contributed by atoms with Gasteiger partial charge in [0.1, 0.15) is 0 Å². The third-order valence-electron chi connectivity index (χ3n) is 3.63. The van der Waals surface area contributed by atoms with Gasteiger partial charge in [0.2, 0.25) is 0 Å². The standard InChI is InChI=1S/C12H19N3O/c1-8-3-4-10(5-9(8)2)14-11-6-12(16)15-13-7-11/h6-10H,3-5H2,1-2H3,(H2,14,15,16). The van der Waals surface area contributed by atoms with E-state index in [1.165, 1.54) is 19.3 Å². The first-order valence-corrected chi connectivity index (χ1v) is 5.96. The molecule has 1 saturated carbocycles. The van der Waals surface area contributed by atoms with E-state index in [9.17, 15) is 4.79 Å². The number of anilines is 1. The summed E-state index contributed by atoms with van der Waals surface area (Å²) in [5, 5.41) is 9.55. The van der Waals surface area contributed by atoms with Gasteiger partial charge in [-0.15, -0.1) is 0 Å². The summed E-state index contributed by atoms with van der Waals surface area (Å²) in [5.74, 6) is 1.57. The molecule has 88 valence electrons. The fourth-order valence-corrected chi connectivity index (χ4v) is 2.37. The van der Waals surface area contributed by atoms with E-state index in [0.717, 1.165) is 17.5 Å². The van der Waals surface area contributed by atoms with E-state index < -0.39 is 0 Å². The average molecular weight is 221 g/mol. The zero-order valence-corrected chi connectivity index (χ0v) is 9.86. The number of aromatic nitrogens is 2. The molecule has 1 aliphatic rings. The Kier molecular flexibility index (Phi) is 3.27. The second kappa shape index (κ2) is 4.68. The van der Waals surface area contributed by atoms with Gasteiger partial charge in [-0.2, -0.15) is 5.10 Å². The molecule has 16 heavy (non-hydrogen) atoms. The number of rotatable bonds is 2. The van der Waals surface area contributed by atoms with Crippen LogP contribution in [0, 0.1) is 11.8 Å². The van der Waals surface area contributed by atoms with Gasteiger partial charge < -0.3 is 5.32 Å². The molecule has 1 aromatic heterocycles. The monoisotopic (exact) mass is 221 g/mol. The van der Waals surface area contributed by atoms with Gasteiger partial charge in [0, 0.05) is 12.1 Å². The highest BCUT2D eigenvalue weighted by Gasteiger charge is 2.24. The van der Waals surface area contributed by atoms with Crippen LogP contribution < -0.4 is 10.9 Å². The zero-order chi connectivity index (χ0) is 11.5. The van der Waals surface area contributed by atoms with Crippen molar-refractivity contribution >= 4 is 5.69 Å². The number of nitrogens with zero attached hydrogens (tertiary/aromatic N) is 1. The first kappa shape index (κ1) is 11.2. The van der Waals surface area contributed by atoms with Crippen LogP contribution in [0.3, 0.4) is 0 Å². The summed E-state index contributed by atoms with van der Waals surface area (Å²) in [4.78, 5) is 11.1. The van der Waals surface area contributed by atoms with E-state index in [2.05, 4.69) is 29.4 Å². The largest absolute Gasteiger partial charge is 0.381 e. The zero-order valence-electron chi connectivity index (χ0n) is 9.86. The minimum Gasteiger partial charge on any atom is -0.381 e. The Balaban J connectivity index is 1.98. The highest BCUT2D eigenvalue weighted by Crippen LogP contribution is 2.30. The molecule has 1 fully saturated rings. The highest BCUT2D eigenvalue weighted by molar-refractivity contribution is 5.39. The topological polar surface area (TPSA) is 57.8 Å². The lowest BCUT2D eigenvalue weighted by molar-refractivity contribution is 0.261. The average Bonchev–Trinajstić information content (AvgIpc) is 2.24. The quantitative estimate of drug-likeness (QED) is 0.803. The lowest BCUT2D eigenvalue weighted by Crippen LogP contribution is -2.30. The molecule has 4 nitrogen and oxygen atoms in total. The molecule has 1 aliphatic carbocycles. The summed E-state index contributed by atoms with van der Waals surface area (Å²) >= 11 is 0. The molecule has 0 aliphatic heterocycles. The number of aromatic amines is 1. The predicted molar refractivity (Wildman–Crippen MR) is 64.4 cm³/mol. The Morgan fingerprint density at radius 2 is 2.19 bits per heavy atom. The molecule has 0 aromatic carbocycles. The third-order valence-corrected chi connectivity index (χ3v) is 3.63. The van der Waals surface area contributed by atoms with Gasteiger partial charge in [0.05, 0.1) is 11.9 Å². The lowest BCUT2D eigenvalue weighted by atomic mass is 9.79. The van der Waals surface area contributed by atoms with E-state index in [-0.39, 0.29) is 5.56 Å². The molecule has 0 saturated heterocycles. The maximum Gasteiger partial charge on any atom is 0.266 e. The van der Waals surface area contributed by atoms with Crippen LogP contribution in [0.5, 0.6) is 0 Å². The Labute approximate surface area is 95.5 Å². The molecular weight excluding hydrogens is 202 g/mol. The van der Waals surface area contributed by atoms with Crippen LogP contribution in [0.4, 0.5) is 5.69 Å². The van der Waals surface area contributed by atoms with Gasteiger partial charge in [-0.05, 0) is 31.1 Å². The molecule has 4 heteroatoms. The summed E-state index contributed by atoms with van der Waals surface area (Å²) in [6.07, 6.45) is 5.28. The molecule has 3 unspecified atom stereocenters. The molecule has 2 N–H and O–H groups in total. The molecule has 0 spiro atoms. The molecule has 0 radical (unpaired) electrons. The Hall–Kier alpha value is -1.32. The predicted octanol–water partition coefficient (Wildman–Crippen LogP) is 2.01. The van der Waals surface area contributed by atoms with Gasteiger partial charge >= 0.3 is 0 Å². The van der Waals surface area contributed by atoms with E-state index >= 15 is 0 Å². The lowest BCUT2D eigenvalue weighted by Gasteiger charge is -2.32. The summed E-state index contributed by atoms with van der Waals surface area (Å²) in [7, 11) is 0. The minimum atomic E-state index is -0.151. The fourth-order valence-electron chi connectivity index (χ4n) is 2.37. The highest BCUT2D eigenvalue weighted by atomic mass is 16.1. The van der Waals surface area contributed by atoms with E-state index in [4.69, 9.17) is 0 Å². The Morgan fingerprint density at radius 1 is 1.38 bits per heavy atom. The Bertz CT molecular complexity index is 401. The van der Waals surface area contributed by atoms with E-state index in [1.54, 1.807) is 12.3 Å². The number of nitrogens with one attached hydrogen (secondary N) is 2. The summed E-state index contributed by atoms with van der Waals surface area (Å²) in [6, 6.07) is 2.05. The van der Waals surface area contributed by atoms with Gasteiger partial charge in [-0.25, -0.2) is 5.10 Å². The van der Waals surface area contributed by atoms with Gasteiger partial charge in [0.15, 0.2) is 0 Å². The van der Waals surface area contributed by atoms with Crippen LogP contribution in [0.1, 0.15) is 33.1 Å². The maximum atomic E-state index is 11.1. The van der Waals surface area contributed by atoms with Crippen LogP contribution in [0.25, 0.3) is 0 Å². The summed E-state index contributed by atoms with van der Waals surface area (Å²) in [5.41, 5.74) is 0.678. The van der Waals surface area contributed by atoms with E-state index in [1.807, 2.05) is 0 Å². The maximum absolute atomic E-state index is 11.1. The molecule has 1 heterocycles. The van der Waals surface area contributed by atoms with Crippen molar-refractivity contribution in [3.05, 3.63) is 22.6 Å². The first-order valence-electron chi connectivity index (χ1n) is 5.96. The number of hydrogen-bond acceptors (Lipinski definition) is 3. The van der Waals surface area contributed by atoms with Crippen molar-refractivity contribution in [1.82, 2.24) is 10.2 Å². The van der Waals surface area contributed by atoms with Crippen molar-refractivity contribution < 1.29 is 0 Å². The van der Waals surface area contributed by atoms with Gasteiger partial charge in [0.25, 0.3) is 5.56 Å². The van der Waals surface area contributed by atoms with Crippen molar-refractivity contribution in [2.75, 3.05) is 5.32 Å². The second-order valence-electron chi connectivity index (χ2n) is 4.94. The minimum absolute atomic E-state index is 0.151. The third kappa shape index (κ3) is 2.62. The Morgan fingerprint density at radius 3 is 2.88 bits per heavy atom. The molecule has 2 rings (SSSR count). The van der Waals surface area contributed by atoms with Crippen molar-refractivity contribution in [1.29, 1.82) is 0 Å². The molecule has 1 aromatic rings. The van der Waals surface area contributed by atoms with Crippen molar-refractivity contribution in [2.24, 2.45) is 11.8 Å². The van der Waals surface area contributed by atoms with Gasteiger partial charge in [-0.1, -0.05) is 13.8 Å². The molecule has 3 atom stereocenters. The molecule has 0 bridgehead atoms. The van der Waals surface area contributed by atoms with Crippen molar-refractivity contribution in [3.8, 4) is 0 Å². The summed E-state index contributed by atoms with van der Waals surface area (Å²) in [6.45, 7) is 4.62. The first-order chi connectivity index (χ1) is 7.65. The number of H-pyrrole nitrogens is 1. The van der Waals surface area contributed by atoms with Gasteiger partial charge in [-0.3, -0.25) is 4.79 Å². The van der Waals surface area contributed by atoms with Crippen LogP contribution in [0.2, 0.25) is 0 Å². The smallest absolute Gasteiger partial charge is 0.266 e. The van der Waals surface area contributed by atoms with Crippen LogP contribution >= 0.6 is 0 Å². The summed E-state index contributed by atoms with van der Waals surface area (Å²) < 4.78 is 0. The fraction of sp³-hybridized carbons (Fsp3) is 0.667. The second-order valence-corrected chi connectivity index (χ2v) is 4.94. The SMILES string of the molecule is CC1CCC(Nc2cn[nH]c(=O)c2)CC1C. The normalized spacial score (nSPS) is 30.0. The van der Waals surface area contributed by atoms with Crippen molar-refractivity contribution in [2.45, 2.75) is 39.2 Å². The van der Waals surface area contributed by atoms with Crippen LogP contribution in [0.15, 0.2) is 17.1 Å². The molecule has 0 amide bonds. The number of hydrogen-bond donors (Lipinski definition) is 2. The van der Waals surface area contributed by atoms with Crippen LogP contribution in [-0.4, -0.2) is 16.2 Å². The van der Waals surface area contributed by atoms with E-state index in [0.29, 0.717) is 6.04 Å². The van der Waals surface area contributed by atoms with Crippen LogP contribution in [-0.2, 0) is 0 Å². The molecular formula is C12H19N3O. The van der Waals surface area contributed by atoms with Crippen molar-refractivity contribution in [3.63, 3.8) is 0 Å².